The summed E-state index contributed by atoms with van der Waals surface area (Å²) in [5.74, 6) is 3.84. The van der Waals surface area contributed by atoms with Crippen LogP contribution in [0.3, 0.4) is 0 Å². The summed E-state index contributed by atoms with van der Waals surface area (Å²) in [5.41, 5.74) is 0. The highest BCUT2D eigenvalue weighted by Crippen LogP contribution is 2.54. The lowest BCUT2D eigenvalue weighted by molar-refractivity contribution is -0.186. The molecule has 4 aliphatic carbocycles. The SMILES string of the molecule is CC(C)CCC(=O)OCOC1C2CC3CC(C2)CC1C3. The van der Waals surface area contributed by atoms with Crippen LogP contribution in [-0.2, 0) is 14.3 Å². The van der Waals surface area contributed by atoms with Crippen molar-refractivity contribution in [3.63, 3.8) is 0 Å². The smallest absolute Gasteiger partial charge is 0.307 e. The van der Waals surface area contributed by atoms with Gasteiger partial charge in [-0.1, -0.05) is 13.8 Å². The normalized spacial score (nSPS) is 38.5. The van der Waals surface area contributed by atoms with Crippen LogP contribution >= 0.6 is 0 Å². The fourth-order valence-electron chi connectivity index (χ4n) is 4.80. The predicted molar refractivity (Wildman–Crippen MR) is 76.9 cm³/mol. The maximum atomic E-state index is 11.6. The van der Waals surface area contributed by atoms with Crippen LogP contribution in [-0.4, -0.2) is 18.9 Å². The Kier molecular flexibility index (Phi) is 4.34. The van der Waals surface area contributed by atoms with E-state index in [1.807, 2.05) is 0 Å². The first-order valence-corrected chi connectivity index (χ1v) is 8.39. The molecule has 20 heavy (non-hydrogen) atoms. The average molecular weight is 280 g/mol. The van der Waals surface area contributed by atoms with Gasteiger partial charge in [0.15, 0.2) is 6.79 Å². The molecule has 0 amide bonds. The second kappa shape index (κ2) is 6.05. The number of ether oxygens (including phenoxy) is 2. The molecule has 114 valence electrons. The van der Waals surface area contributed by atoms with E-state index in [4.69, 9.17) is 9.47 Å². The van der Waals surface area contributed by atoms with Gasteiger partial charge in [0.25, 0.3) is 0 Å². The maximum Gasteiger partial charge on any atom is 0.307 e. The minimum atomic E-state index is -0.109. The largest absolute Gasteiger partial charge is 0.438 e. The molecule has 4 fully saturated rings. The minimum absolute atomic E-state index is 0.109. The van der Waals surface area contributed by atoms with Gasteiger partial charge in [0, 0.05) is 6.42 Å². The zero-order valence-corrected chi connectivity index (χ0v) is 12.8. The standard InChI is InChI=1S/C17H28O3/c1-11(2)3-4-16(18)19-10-20-17-14-6-12-5-13(8-14)9-15(17)7-12/h11-15,17H,3-10H2,1-2H3. The number of hydrogen-bond donors (Lipinski definition) is 0. The van der Waals surface area contributed by atoms with E-state index < -0.39 is 0 Å². The van der Waals surface area contributed by atoms with Crippen LogP contribution < -0.4 is 0 Å². The highest BCUT2D eigenvalue weighted by atomic mass is 16.7. The van der Waals surface area contributed by atoms with Gasteiger partial charge in [0.05, 0.1) is 6.10 Å². The van der Waals surface area contributed by atoms with E-state index >= 15 is 0 Å². The van der Waals surface area contributed by atoms with E-state index in [0.717, 1.165) is 30.1 Å². The summed E-state index contributed by atoms with van der Waals surface area (Å²) in [6, 6.07) is 0. The Labute approximate surface area is 122 Å². The van der Waals surface area contributed by atoms with Gasteiger partial charge in [-0.2, -0.15) is 0 Å². The Morgan fingerprint density at radius 2 is 1.65 bits per heavy atom. The van der Waals surface area contributed by atoms with Crippen molar-refractivity contribution in [2.75, 3.05) is 6.79 Å². The quantitative estimate of drug-likeness (QED) is 0.549. The summed E-state index contributed by atoms with van der Waals surface area (Å²) in [5, 5.41) is 0. The second-order valence-electron chi connectivity index (χ2n) is 7.63. The van der Waals surface area contributed by atoms with Crippen molar-refractivity contribution in [1.29, 1.82) is 0 Å². The van der Waals surface area contributed by atoms with Crippen LogP contribution in [0.2, 0.25) is 0 Å². The Balaban J connectivity index is 1.40. The number of carbonyl (C=O) groups is 1. The van der Waals surface area contributed by atoms with Gasteiger partial charge in [-0.25, -0.2) is 0 Å². The molecule has 0 atom stereocenters. The fraction of sp³-hybridized carbons (Fsp3) is 0.941. The molecule has 3 nitrogen and oxygen atoms in total. The summed E-state index contributed by atoms with van der Waals surface area (Å²) in [6.45, 7) is 4.42. The van der Waals surface area contributed by atoms with Gasteiger partial charge >= 0.3 is 5.97 Å². The average Bonchev–Trinajstić information content (AvgIpc) is 2.38. The van der Waals surface area contributed by atoms with Crippen molar-refractivity contribution < 1.29 is 14.3 Å². The lowest BCUT2D eigenvalue weighted by Gasteiger charge is -2.53. The second-order valence-corrected chi connectivity index (χ2v) is 7.63. The lowest BCUT2D eigenvalue weighted by Crippen LogP contribution is -2.49. The first-order valence-electron chi connectivity index (χ1n) is 8.39. The van der Waals surface area contributed by atoms with Crippen molar-refractivity contribution in [2.24, 2.45) is 29.6 Å². The molecule has 0 aliphatic heterocycles. The van der Waals surface area contributed by atoms with Gasteiger partial charge < -0.3 is 9.47 Å². The molecule has 4 bridgehead atoms. The van der Waals surface area contributed by atoms with Gasteiger partial charge in [0.1, 0.15) is 0 Å². The van der Waals surface area contributed by atoms with E-state index in [9.17, 15) is 4.79 Å². The number of esters is 1. The summed E-state index contributed by atoms with van der Waals surface area (Å²) < 4.78 is 11.2. The third-order valence-corrected chi connectivity index (χ3v) is 5.55. The fourth-order valence-corrected chi connectivity index (χ4v) is 4.80. The zero-order chi connectivity index (χ0) is 14.1. The number of hydrogen-bond acceptors (Lipinski definition) is 3. The first kappa shape index (κ1) is 14.4. The topological polar surface area (TPSA) is 35.5 Å². The molecule has 0 aromatic carbocycles. The molecule has 0 radical (unpaired) electrons. The van der Waals surface area contributed by atoms with E-state index in [2.05, 4.69) is 13.8 Å². The zero-order valence-electron chi connectivity index (χ0n) is 12.8. The summed E-state index contributed by atoms with van der Waals surface area (Å²) >= 11 is 0. The summed E-state index contributed by atoms with van der Waals surface area (Å²) in [6.07, 6.45) is 8.62. The van der Waals surface area contributed by atoms with E-state index in [-0.39, 0.29) is 12.8 Å². The Hall–Kier alpha value is -0.570. The van der Waals surface area contributed by atoms with Crippen molar-refractivity contribution in [1.82, 2.24) is 0 Å². The van der Waals surface area contributed by atoms with Crippen LogP contribution in [0.1, 0.15) is 58.8 Å². The van der Waals surface area contributed by atoms with Gasteiger partial charge in [0.2, 0.25) is 0 Å². The van der Waals surface area contributed by atoms with Crippen molar-refractivity contribution in [3.8, 4) is 0 Å². The van der Waals surface area contributed by atoms with Gasteiger partial charge in [-0.3, -0.25) is 4.79 Å². The Morgan fingerprint density at radius 3 is 2.20 bits per heavy atom. The molecule has 0 N–H and O–H groups in total. The molecule has 0 unspecified atom stereocenters. The molecule has 0 aromatic heterocycles. The van der Waals surface area contributed by atoms with Crippen molar-refractivity contribution in [3.05, 3.63) is 0 Å². The minimum Gasteiger partial charge on any atom is -0.438 e. The Morgan fingerprint density at radius 1 is 1.05 bits per heavy atom. The molecular weight excluding hydrogens is 252 g/mol. The van der Waals surface area contributed by atoms with Gasteiger partial charge in [-0.15, -0.1) is 0 Å². The molecule has 0 saturated heterocycles. The lowest BCUT2D eigenvalue weighted by atomic mass is 9.55. The third kappa shape index (κ3) is 3.19. The molecule has 0 spiro atoms. The monoisotopic (exact) mass is 280 g/mol. The first-order chi connectivity index (χ1) is 9.61. The van der Waals surface area contributed by atoms with Crippen LogP contribution in [0.5, 0.6) is 0 Å². The molecule has 0 aromatic rings. The summed E-state index contributed by atoms with van der Waals surface area (Å²) in [7, 11) is 0. The van der Waals surface area contributed by atoms with Crippen molar-refractivity contribution >= 4 is 5.97 Å². The van der Waals surface area contributed by atoms with E-state index in [1.165, 1.54) is 32.1 Å². The molecule has 4 saturated carbocycles. The molecule has 4 rings (SSSR count). The number of carbonyl (C=O) groups excluding carboxylic acids is 1. The van der Waals surface area contributed by atoms with Gasteiger partial charge in [-0.05, 0) is 68.1 Å². The highest BCUT2D eigenvalue weighted by Gasteiger charge is 2.48. The molecular formula is C17H28O3. The van der Waals surface area contributed by atoms with Crippen LogP contribution in [0.4, 0.5) is 0 Å². The van der Waals surface area contributed by atoms with Crippen LogP contribution in [0.25, 0.3) is 0 Å². The number of rotatable bonds is 6. The van der Waals surface area contributed by atoms with E-state index in [1.54, 1.807) is 0 Å². The third-order valence-electron chi connectivity index (χ3n) is 5.55. The molecule has 0 heterocycles. The van der Waals surface area contributed by atoms with E-state index in [0.29, 0.717) is 18.4 Å². The van der Waals surface area contributed by atoms with Crippen LogP contribution in [0.15, 0.2) is 0 Å². The Bertz CT molecular complexity index is 322. The molecule has 4 aliphatic rings. The maximum absolute atomic E-state index is 11.6. The van der Waals surface area contributed by atoms with Crippen LogP contribution in [0, 0.1) is 29.6 Å². The van der Waals surface area contributed by atoms with Crippen molar-refractivity contribution in [2.45, 2.75) is 64.9 Å². The molecule has 3 heteroatoms. The summed E-state index contributed by atoms with van der Waals surface area (Å²) in [4.78, 5) is 11.6. The predicted octanol–water partition coefficient (Wildman–Crippen LogP) is 3.76. The highest BCUT2D eigenvalue weighted by molar-refractivity contribution is 5.69.